The quantitative estimate of drug-likeness (QED) is 0.848. The molecule has 0 fully saturated rings. The highest BCUT2D eigenvalue weighted by Crippen LogP contribution is 2.27. The third-order valence-corrected chi connectivity index (χ3v) is 3.18. The van der Waals surface area contributed by atoms with Crippen LogP contribution in [0.25, 0.3) is 10.9 Å². The SMILES string of the molecule is CNC(=O)CCN(C)c1c(C(=O)O)nnc2ccccc12. The van der Waals surface area contributed by atoms with Crippen molar-refractivity contribution in [2.75, 3.05) is 25.5 Å². The molecule has 0 radical (unpaired) electrons. The summed E-state index contributed by atoms with van der Waals surface area (Å²) < 4.78 is 0. The molecule has 2 N–H and O–H groups in total. The minimum absolute atomic E-state index is 0.106. The van der Waals surface area contributed by atoms with Crippen LogP contribution in [0.5, 0.6) is 0 Å². The lowest BCUT2D eigenvalue weighted by atomic mass is 10.1. The number of nitrogens with one attached hydrogen (secondary N) is 1. The number of benzene rings is 1. The molecule has 1 amide bonds. The molecule has 0 unspecified atom stereocenters. The van der Waals surface area contributed by atoms with E-state index >= 15 is 0 Å². The van der Waals surface area contributed by atoms with Crippen LogP contribution in [0.3, 0.4) is 0 Å². The van der Waals surface area contributed by atoms with Crippen LogP contribution in [0.1, 0.15) is 16.9 Å². The molecule has 0 atom stereocenters. The first kappa shape index (κ1) is 14.7. The Kier molecular flexibility index (Phi) is 4.32. The molecular formula is C14H16N4O3. The number of carbonyl (C=O) groups excluding carboxylic acids is 1. The summed E-state index contributed by atoms with van der Waals surface area (Å²) in [6.07, 6.45) is 0.267. The van der Waals surface area contributed by atoms with E-state index in [0.29, 0.717) is 23.1 Å². The summed E-state index contributed by atoms with van der Waals surface area (Å²) in [6, 6.07) is 7.18. The number of hydrogen-bond acceptors (Lipinski definition) is 5. The van der Waals surface area contributed by atoms with Crippen LogP contribution in [0.4, 0.5) is 5.69 Å². The third-order valence-electron chi connectivity index (χ3n) is 3.18. The fourth-order valence-electron chi connectivity index (χ4n) is 2.08. The standard InChI is InChI=1S/C14H16N4O3/c1-15-11(19)7-8-18(2)13-9-5-3-4-6-10(9)16-17-12(13)14(20)21/h3-6H,7-8H2,1-2H3,(H,15,19)(H,20,21). The molecule has 0 saturated heterocycles. The van der Waals surface area contributed by atoms with Gasteiger partial charge < -0.3 is 15.3 Å². The van der Waals surface area contributed by atoms with Gasteiger partial charge >= 0.3 is 5.97 Å². The van der Waals surface area contributed by atoms with Gasteiger partial charge in [-0.1, -0.05) is 18.2 Å². The van der Waals surface area contributed by atoms with Crippen molar-refractivity contribution in [3.05, 3.63) is 30.0 Å². The number of nitrogens with zero attached hydrogens (tertiary/aromatic N) is 3. The average Bonchev–Trinajstić information content (AvgIpc) is 2.50. The van der Waals surface area contributed by atoms with E-state index in [9.17, 15) is 14.7 Å². The van der Waals surface area contributed by atoms with Crippen molar-refractivity contribution in [2.24, 2.45) is 0 Å². The Morgan fingerprint density at radius 3 is 2.67 bits per heavy atom. The molecule has 1 aromatic heterocycles. The summed E-state index contributed by atoms with van der Waals surface area (Å²) in [4.78, 5) is 24.4. The number of rotatable bonds is 5. The Hall–Kier alpha value is -2.70. The minimum Gasteiger partial charge on any atom is -0.476 e. The van der Waals surface area contributed by atoms with Gasteiger partial charge in [0.1, 0.15) is 0 Å². The van der Waals surface area contributed by atoms with Crippen molar-refractivity contribution < 1.29 is 14.7 Å². The van der Waals surface area contributed by atoms with Gasteiger partial charge in [-0.25, -0.2) is 4.79 Å². The van der Waals surface area contributed by atoms with Crippen molar-refractivity contribution >= 4 is 28.5 Å². The number of carboxylic acid groups (broad SMARTS) is 1. The fraction of sp³-hybridized carbons (Fsp3) is 0.286. The lowest BCUT2D eigenvalue weighted by Gasteiger charge is -2.21. The van der Waals surface area contributed by atoms with Gasteiger partial charge in [0.25, 0.3) is 0 Å². The maximum atomic E-state index is 11.4. The first-order chi connectivity index (χ1) is 10.0. The molecule has 7 heteroatoms. The first-order valence-electron chi connectivity index (χ1n) is 6.45. The number of anilines is 1. The lowest BCUT2D eigenvalue weighted by molar-refractivity contribution is -0.120. The maximum Gasteiger partial charge on any atom is 0.358 e. The van der Waals surface area contributed by atoms with Crippen molar-refractivity contribution in [1.82, 2.24) is 15.5 Å². The number of aromatic carboxylic acids is 1. The number of fused-ring (bicyclic) bond motifs is 1. The summed E-state index contributed by atoms with van der Waals surface area (Å²) in [6.45, 7) is 0.385. The van der Waals surface area contributed by atoms with Gasteiger partial charge in [-0.05, 0) is 6.07 Å². The Balaban J connectivity index is 2.45. The van der Waals surface area contributed by atoms with Crippen molar-refractivity contribution in [1.29, 1.82) is 0 Å². The molecule has 110 valence electrons. The van der Waals surface area contributed by atoms with Crippen LogP contribution in [-0.4, -0.2) is 47.8 Å². The second kappa shape index (κ2) is 6.17. The van der Waals surface area contributed by atoms with E-state index < -0.39 is 5.97 Å². The molecule has 7 nitrogen and oxygen atoms in total. The molecule has 0 aliphatic heterocycles. The molecule has 2 rings (SSSR count). The van der Waals surface area contributed by atoms with Crippen LogP contribution >= 0.6 is 0 Å². The molecule has 1 heterocycles. The Labute approximate surface area is 121 Å². The van der Waals surface area contributed by atoms with E-state index in [0.717, 1.165) is 0 Å². The largest absolute Gasteiger partial charge is 0.476 e. The second-order valence-corrected chi connectivity index (χ2v) is 4.56. The molecule has 0 saturated carbocycles. The van der Waals surface area contributed by atoms with Gasteiger partial charge in [-0.15, -0.1) is 10.2 Å². The van der Waals surface area contributed by atoms with Gasteiger partial charge in [-0.2, -0.15) is 0 Å². The molecule has 0 aliphatic rings. The van der Waals surface area contributed by atoms with E-state index in [4.69, 9.17) is 0 Å². The highest BCUT2D eigenvalue weighted by atomic mass is 16.4. The molecule has 2 aromatic rings. The van der Waals surface area contributed by atoms with Gasteiger partial charge in [0.2, 0.25) is 5.91 Å². The molecular weight excluding hydrogens is 272 g/mol. The third kappa shape index (κ3) is 3.07. The smallest absolute Gasteiger partial charge is 0.358 e. The zero-order valence-corrected chi connectivity index (χ0v) is 11.8. The Morgan fingerprint density at radius 2 is 2.00 bits per heavy atom. The molecule has 0 bridgehead atoms. The number of hydrogen-bond donors (Lipinski definition) is 2. The topological polar surface area (TPSA) is 95.4 Å². The number of carboxylic acids is 1. The van der Waals surface area contributed by atoms with Gasteiger partial charge in [0.05, 0.1) is 11.2 Å². The van der Waals surface area contributed by atoms with Crippen molar-refractivity contribution in [3.8, 4) is 0 Å². The summed E-state index contributed by atoms with van der Waals surface area (Å²) in [5.41, 5.74) is 0.967. The van der Waals surface area contributed by atoms with Gasteiger partial charge in [0, 0.05) is 32.4 Å². The predicted molar refractivity (Wildman–Crippen MR) is 78.5 cm³/mol. The lowest BCUT2D eigenvalue weighted by Crippen LogP contribution is -2.28. The van der Waals surface area contributed by atoms with Crippen LogP contribution in [0.2, 0.25) is 0 Å². The van der Waals surface area contributed by atoms with E-state index in [1.165, 1.54) is 0 Å². The zero-order chi connectivity index (χ0) is 15.4. The van der Waals surface area contributed by atoms with E-state index in [2.05, 4.69) is 15.5 Å². The van der Waals surface area contributed by atoms with Crippen LogP contribution in [0, 0.1) is 0 Å². The summed E-state index contributed by atoms with van der Waals surface area (Å²) in [7, 11) is 3.30. The van der Waals surface area contributed by atoms with Crippen molar-refractivity contribution in [3.63, 3.8) is 0 Å². The van der Waals surface area contributed by atoms with Gasteiger partial charge in [0.15, 0.2) is 5.69 Å². The second-order valence-electron chi connectivity index (χ2n) is 4.56. The van der Waals surface area contributed by atoms with E-state index in [-0.39, 0.29) is 18.0 Å². The predicted octanol–water partition coefficient (Wildman–Crippen LogP) is 0.900. The Morgan fingerprint density at radius 1 is 1.29 bits per heavy atom. The highest BCUT2D eigenvalue weighted by molar-refractivity contribution is 6.02. The van der Waals surface area contributed by atoms with Crippen LogP contribution in [-0.2, 0) is 4.79 Å². The summed E-state index contributed by atoms with van der Waals surface area (Å²) >= 11 is 0. The number of amides is 1. The van der Waals surface area contributed by atoms with Crippen LogP contribution in [0.15, 0.2) is 24.3 Å². The number of aromatic nitrogens is 2. The van der Waals surface area contributed by atoms with Crippen molar-refractivity contribution in [2.45, 2.75) is 6.42 Å². The summed E-state index contributed by atoms with van der Waals surface area (Å²) in [5, 5.41) is 20.2. The Bertz CT molecular complexity index is 687. The average molecular weight is 288 g/mol. The molecule has 1 aromatic carbocycles. The van der Waals surface area contributed by atoms with E-state index in [1.807, 2.05) is 12.1 Å². The minimum atomic E-state index is -1.14. The normalized spacial score (nSPS) is 10.4. The molecule has 0 aliphatic carbocycles. The molecule has 0 spiro atoms. The van der Waals surface area contributed by atoms with Crippen LogP contribution < -0.4 is 10.2 Å². The monoisotopic (exact) mass is 288 g/mol. The van der Waals surface area contributed by atoms with E-state index in [1.54, 1.807) is 31.1 Å². The molecule has 21 heavy (non-hydrogen) atoms. The van der Waals surface area contributed by atoms with Gasteiger partial charge in [-0.3, -0.25) is 4.79 Å². The highest BCUT2D eigenvalue weighted by Gasteiger charge is 2.20. The fourth-order valence-corrected chi connectivity index (χ4v) is 2.08. The number of carbonyl (C=O) groups is 2. The first-order valence-corrected chi connectivity index (χ1v) is 6.45. The summed E-state index contributed by atoms with van der Waals surface area (Å²) in [5.74, 6) is -1.25. The maximum absolute atomic E-state index is 11.4. The zero-order valence-electron chi connectivity index (χ0n) is 11.8.